The van der Waals surface area contributed by atoms with Gasteiger partial charge in [0.2, 0.25) is 0 Å². The summed E-state index contributed by atoms with van der Waals surface area (Å²) < 4.78 is 31.6. The van der Waals surface area contributed by atoms with Crippen molar-refractivity contribution in [3.8, 4) is 0 Å². The average Bonchev–Trinajstić information content (AvgIpc) is 2.93. The molecule has 3 nitrogen and oxygen atoms in total. The quantitative estimate of drug-likeness (QED) is 0.911. The Morgan fingerprint density at radius 1 is 1.09 bits per heavy atom. The summed E-state index contributed by atoms with van der Waals surface area (Å²) in [5.41, 5.74) is 1.73. The van der Waals surface area contributed by atoms with Crippen molar-refractivity contribution in [2.75, 3.05) is 31.6 Å². The highest BCUT2D eigenvalue weighted by molar-refractivity contribution is 7.10. The number of rotatable bonds is 5. The molecule has 0 radical (unpaired) electrons. The van der Waals surface area contributed by atoms with E-state index in [9.17, 15) is 8.78 Å². The summed E-state index contributed by atoms with van der Waals surface area (Å²) in [6, 6.07) is 5.61. The van der Waals surface area contributed by atoms with Gasteiger partial charge < -0.3 is 10.1 Å². The number of benzene rings is 1. The summed E-state index contributed by atoms with van der Waals surface area (Å²) in [6.45, 7) is 5.01. The molecule has 1 N–H and O–H groups in total. The lowest BCUT2D eigenvalue weighted by Crippen LogP contribution is -2.35. The number of ether oxygens (including phenoxy) is 1. The lowest BCUT2D eigenvalue weighted by Gasteiger charge is -2.26. The first-order valence-corrected chi connectivity index (χ1v) is 8.13. The van der Waals surface area contributed by atoms with Crippen molar-refractivity contribution in [1.82, 2.24) is 4.90 Å². The number of anilines is 1. The Balaban J connectivity index is 1.54. The van der Waals surface area contributed by atoms with Gasteiger partial charge in [-0.2, -0.15) is 0 Å². The maximum absolute atomic E-state index is 13.1. The van der Waals surface area contributed by atoms with E-state index in [0.717, 1.165) is 43.8 Å². The molecule has 3 rings (SSSR count). The van der Waals surface area contributed by atoms with Crippen LogP contribution in [-0.2, 0) is 17.8 Å². The normalized spacial score (nSPS) is 15.9. The van der Waals surface area contributed by atoms with Gasteiger partial charge in [-0.1, -0.05) is 0 Å². The minimum atomic E-state index is -0.568. The van der Waals surface area contributed by atoms with Crippen LogP contribution in [0.3, 0.4) is 0 Å². The van der Waals surface area contributed by atoms with Crippen molar-refractivity contribution in [3.63, 3.8) is 0 Å². The molecular formula is C16H18F2N2OS. The standard InChI is InChI=1S/C16H18F2N2OS/c17-13-6-14(18)8-15(7-13)19-9-16-5-12(11-22-16)10-20-1-3-21-4-2-20/h5-8,11,19H,1-4,9-10H2. The molecule has 0 unspecified atom stereocenters. The molecule has 0 aliphatic carbocycles. The van der Waals surface area contributed by atoms with Crippen molar-refractivity contribution >= 4 is 17.0 Å². The zero-order valence-electron chi connectivity index (χ0n) is 12.1. The molecular weight excluding hydrogens is 306 g/mol. The van der Waals surface area contributed by atoms with E-state index in [0.29, 0.717) is 12.2 Å². The minimum Gasteiger partial charge on any atom is -0.380 e. The fourth-order valence-corrected chi connectivity index (χ4v) is 3.28. The third-order valence-corrected chi connectivity index (χ3v) is 4.53. The molecule has 6 heteroatoms. The van der Waals surface area contributed by atoms with E-state index in [1.807, 2.05) is 0 Å². The van der Waals surface area contributed by atoms with Crippen molar-refractivity contribution in [3.05, 3.63) is 51.7 Å². The first-order chi connectivity index (χ1) is 10.7. The minimum absolute atomic E-state index is 0.459. The Bertz CT molecular complexity index is 606. The maximum Gasteiger partial charge on any atom is 0.128 e. The maximum atomic E-state index is 13.1. The number of nitrogens with one attached hydrogen (secondary N) is 1. The van der Waals surface area contributed by atoms with Crippen molar-refractivity contribution in [2.24, 2.45) is 0 Å². The van der Waals surface area contributed by atoms with Crippen molar-refractivity contribution < 1.29 is 13.5 Å². The SMILES string of the molecule is Fc1cc(F)cc(NCc2cc(CN3CCOCC3)cs2)c1. The van der Waals surface area contributed by atoms with Crippen LogP contribution in [0.4, 0.5) is 14.5 Å². The number of hydrogen-bond acceptors (Lipinski definition) is 4. The second kappa shape index (κ2) is 7.17. The molecule has 0 atom stereocenters. The van der Waals surface area contributed by atoms with E-state index in [4.69, 9.17) is 4.74 Å². The zero-order valence-corrected chi connectivity index (χ0v) is 13.0. The van der Waals surface area contributed by atoms with Crippen LogP contribution in [-0.4, -0.2) is 31.2 Å². The Kier molecular flexibility index (Phi) is 5.02. The van der Waals surface area contributed by atoms with Crippen LogP contribution in [0.5, 0.6) is 0 Å². The van der Waals surface area contributed by atoms with E-state index in [2.05, 4.69) is 21.7 Å². The van der Waals surface area contributed by atoms with Gasteiger partial charge in [0.1, 0.15) is 11.6 Å². The van der Waals surface area contributed by atoms with Gasteiger partial charge in [0.05, 0.1) is 13.2 Å². The summed E-state index contributed by atoms with van der Waals surface area (Å²) in [4.78, 5) is 3.51. The molecule has 0 saturated carbocycles. The summed E-state index contributed by atoms with van der Waals surface area (Å²) in [6.07, 6.45) is 0. The predicted molar refractivity (Wildman–Crippen MR) is 84.1 cm³/mol. The molecule has 118 valence electrons. The predicted octanol–water partition coefficient (Wildman–Crippen LogP) is 3.47. The van der Waals surface area contributed by atoms with Gasteiger partial charge in [0.25, 0.3) is 0 Å². The summed E-state index contributed by atoms with van der Waals surface area (Å²) >= 11 is 1.66. The number of halogens is 2. The molecule has 0 bridgehead atoms. The van der Waals surface area contributed by atoms with E-state index >= 15 is 0 Å². The Hall–Kier alpha value is -1.50. The van der Waals surface area contributed by atoms with Crippen molar-refractivity contribution in [1.29, 1.82) is 0 Å². The molecule has 1 aromatic heterocycles. The average molecular weight is 324 g/mol. The van der Waals surface area contributed by atoms with Crippen LogP contribution in [0.15, 0.2) is 29.6 Å². The van der Waals surface area contributed by atoms with Gasteiger partial charge in [-0.25, -0.2) is 8.78 Å². The summed E-state index contributed by atoms with van der Waals surface area (Å²) in [5, 5.41) is 5.19. The molecule has 1 aliphatic rings. The molecule has 2 aromatic rings. The molecule has 1 aliphatic heterocycles. The summed E-state index contributed by atoms with van der Waals surface area (Å²) in [7, 11) is 0. The van der Waals surface area contributed by atoms with Crippen LogP contribution in [0, 0.1) is 11.6 Å². The highest BCUT2D eigenvalue weighted by Crippen LogP contribution is 2.19. The number of nitrogens with zero attached hydrogens (tertiary/aromatic N) is 1. The lowest BCUT2D eigenvalue weighted by molar-refractivity contribution is 0.0342. The second-order valence-corrected chi connectivity index (χ2v) is 6.32. The third kappa shape index (κ3) is 4.25. The zero-order chi connectivity index (χ0) is 15.4. The number of hydrogen-bond donors (Lipinski definition) is 1. The monoisotopic (exact) mass is 324 g/mol. The van der Waals surface area contributed by atoms with Gasteiger partial charge in [-0.3, -0.25) is 4.90 Å². The van der Waals surface area contributed by atoms with Crippen LogP contribution in [0.2, 0.25) is 0 Å². The topological polar surface area (TPSA) is 24.5 Å². The Morgan fingerprint density at radius 2 is 1.82 bits per heavy atom. The highest BCUT2D eigenvalue weighted by Gasteiger charge is 2.11. The third-order valence-electron chi connectivity index (χ3n) is 3.55. The van der Waals surface area contributed by atoms with Gasteiger partial charge in [0.15, 0.2) is 0 Å². The first kappa shape index (κ1) is 15.4. The fraction of sp³-hybridized carbons (Fsp3) is 0.375. The Morgan fingerprint density at radius 3 is 2.55 bits per heavy atom. The second-order valence-electron chi connectivity index (χ2n) is 5.32. The van der Waals surface area contributed by atoms with Crippen LogP contribution in [0.25, 0.3) is 0 Å². The van der Waals surface area contributed by atoms with Gasteiger partial charge in [-0.15, -0.1) is 11.3 Å². The summed E-state index contributed by atoms with van der Waals surface area (Å²) in [5.74, 6) is -1.14. The van der Waals surface area contributed by atoms with Crippen LogP contribution < -0.4 is 5.32 Å². The molecule has 0 spiro atoms. The highest BCUT2D eigenvalue weighted by atomic mass is 32.1. The first-order valence-electron chi connectivity index (χ1n) is 7.25. The van der Waals surface area contributed by atoms with Gasteiger partial charge in [-0.05, 0) is 29.1 Å². The fourth-order valence-electron chi connectivity index (χ4n) is 2.46. The molecule has 1 aromatic carbocycles. The van der Waals surface area contributed by atoms with Crippen molar-refractivity contribution in [2.45, 2.75) is 13.1 Å². The van der Waals surface area contributed by atoms with E-state index in [-0.39, 0.29) is 0 Å². The lowest BCUT2D eigenvalue weighted by atomic mass is 10.2. The molecule has 2 heterocycles. The molecule has 1 fully saturated rings. The number of morpholine rings is 1. The molecule has 22 heavy (non-hydrogen) atoms. The Labute approximate surface area is 132 Å². The molecule has 1 saturated heterocycles. The number of thiophene rings is 1. The van der Waals surface area contributed by atoms with E-state index < -0.39 is 11.6 Å². The largest absolute Gasteiger partial charge is 0.380 e. The van der Waals surface area contributed by atoms with Gasteiger partial charge in [0, 0.05) is 42.8 Å². The van der Waals surface area contributed by atoms with E-state index in [1.54, 1.807) is 11.3 Å². The van der Waals surface area contributed by atoms with E-state index in [1.165, 1.54) is 17.7 Å². The van der Waals surface area contributed by atoms with Crippen LogP contribution in [0.1, 0.15) is 10.4 Å². The molecule has 0 amide bonds. The van der Waals surface area contributed by atoms with Gasteiger partial charge >= 0.3 is 0 Å². The van der Waals surface area contributed by atoms with Crippen LogP contribution >= 0.6 is 11.3 Å². The smallest absolute Gasteiger partial charge is 0.128 e.